The first kappa shape index (κ1) is 23.3. The number of hydrogen-bond acceptors (Lipinski definition) is 3. The molecule has 1 aromatic rings. The lowest BCUT2D eigenvalue weighted by atomic mass is 9.88. The van der Waals surface area contributed by atoms with Crippen molar-refractivity contribution in [3.8, 4) is 5.75 Å². The van der Waals surface area contributed by atoms with Gasteiger partial charge in [0.05, 0.1) is 0 Å². The van der Waals surface area contributed by atoms with Crippen molar-refractivity contribution < 1.29 is 9.84 Å². The Balaban J connectivity index is 0.00000280. The summed E-state index contributed by atoms with van der Waals surface area (Å²) in [5.41, 5.74) is 1.14. The fourth-order valence-corrected chi connectivity index (χ4v) is 4.87. The lowest BCUT2D eigenvalue weighted by Gasteiger charge is -2.42. The quantitative estimate of drug-likeness (QED) is 0.545. The summed E-state index contributed by atoms with van der Waals surface area (Å²) in [6, 6.07) is 9.39. The van der Waals surface area contributed by atoms with Gasteiger partial charge in [-0.25, -0.2) is 0 Å². The first-order chi connectivity index (χ1) is 13.3. The Hall–Kier alpha value is -1.03. The van der Waals surface area contributed by atoms with Crippen molar-refractivity contribution in [1.82, 2.24) is 4.90 Å². The van der Waals surface area contributed by atoms with Gasteiger partial charge in [-0.3, -0.25) is 4.90 Å². The van der Waals surface area contributed by atoms with Crippen molar-refractivity contribution in [2.24, 2.45) is 0 Å². The maximum absolute atomic E-state index is 10.8. The van der Waals surface area contributed by atoms with Crippen LogP contribution in [0.4, 0.5) is 0 Å². The smallest absolute Gasteiger partial charge is 0.122 e. The minimum atomic E-state index is -0.439. The first-order valence-corrected chi connectivity index (χ1v) is 11.0. The van der Waals surface area contributed by atoms with Crippen LogP contribution < -0.4 is 4.74 Å². The van der Waals surface area contributed by atoms with Crippen molar-refractivity contribution >= 4 is 12.4 Å². The van der Waals surface area contributed by atoms with Crippen molar-refractivity contribution in [3.05, 3.63) is 42.5 Å². The molecule has 3 nitrogen and oxygen atoms in total. The molecule has 0 spiro atoms. The van der Waals surface area contributed by atoms with Crippen molar-refractivity contribution in [1.29, 1.82) is 0 Å². The Morgan fingerprint density at radius 1 is 1.00 bits per heavy atom. The zero-order valence-corrected chi connectivity index (χ0v) is 18.0. The molecule has 2 saturated carbocycles. The third-order valence-corrected chi connectivity index (χ3v) is 6.28. The normalized spacial score (nSPS) is 19.8. The second-order valence-electron chi connectivity index (χ2n) is 8.35. The molecule has 158 valence electrons. The van der Waals surface area contributed by atoms with Crippen molar-refractivity contribution in [3.63, 3.8) is 0 Å². The zero-order valence-electron chi connectivity index (χ0n) is 17.2. The first-order valence-electron chi connectivity index (χ1n) is 11.0. The number of aliphatic hydroxyl groups excluding tert-OH is 1. The molecule has 0 amide bonds. The van der Waals surface area contributed by atoms with E-state index in [1.807, 2.05) is 24.3 Å². The highest BCUT2D eigenvalue weighted by atomic mass is 35.5. The summed E-state index contributed by atoms with van der Waals surface area (Å²) >= 11 is 0. The summed E-state index contributed by atoms with van der Waals surface area (Å²) in [4.78, 5) is 2.65. The van der Waals surface area contributed by atoms with Gasteiger partial charge in [-0.1, -0.05) is 62.8 Å². The standard InChI is InChI=1S/C24H37NO2.ClH/c1-2-11-20-12-9-10-17-24(20)27-19-23(26)18-25(21-13-5-3-6-14-21)22-15-7-4-8-16-22;/h2,9-10,12,17,21-23,26H,1,3-8,11,13-16,18-19H2;1H. The largest absolute Gasteiger partial charge is 0.491 e. The zero-order chi connectivity index (χ0) is 18.9. The molecule has 1 atom stereocenters. The topological polar surface area (TPSA) is 32.7 Å². The predicted molar refractivity (Wildman–Crippen MR) is 120 cm³/mol. The van der Waals surface area contributed by atoms with Crippen molar-refractivity contribution in [2.45, 2.75) is 88.8 Å². The molecule has 2 fully saturated rings. The number of aliphatic hydroxyl groups is 1. The van der Waals surface area contributed by atoms with Crippen LogP contribution in [0.5, 0.6) is 5.75 Å². The lowest BCUT2D eigenvalue weighted by molar-refractivity contribution is 0.0116. The number of benzene rings is 1. The van der Waals surface area contributed by atoms with Crippen LogP contribution in [-0.4, -0.2) is 41.3 Å². The maximum Gasteiger partial charge on any atom is 0.122 e. The van der Waals surface area contributed by atoms with E-state index < -0.39 is 6.10 Å². The van der Waals surface area contributed by atoms with Gasteiger partial charge in [0.25, 0.3) is 0 Å². The minimum Gasteiger partial charge on any atom is -0.491 e. The number of hydrogen-bond donors (Lipinski definition) is 1. The average Bonchev–Trinajstić information content (AvgIpc) is 2.73. The fraction of sp³-hybridized carbons (Fsp3) is 0.667. The van der Waals surface area contributed by atoms with Crippen LogP contribution in [0.2, 0.25) is 0 Å². The van der Waals surface area contributed by atoms with E-state index in [0.29, 0.717) is 18.7 Å². The van der Waals surface area contributed by atoms with E-state index in [4.69, 9.17) is 4.74 Å². The van der Waals surface area contributed by atoms with Gasteiger partial charge in [0, 0.05) is 18.6 Å². The number of allylic oxidation sites excluding steroid dienone is 1. The van der Waals surface area contributed by atoms with Crippen LogP contribution in [0.1, 0.15) is 69.8 Å². The second-order valence-corrected chi connectivity index (χ2v) is 8.35. The Morgan fingerprint density at radius 2 is 1.57 bits per heavy atom. The predicted octanol–water partition coefficient (Wildman–Crippen LogP) is 5.54. The molecule has 2 aliphatic carbocycles. The van der Waals surface area contributed by atoms with Crippen LogP contribution in [0.25, 0.3) is 0 Å². The van der Waals surface area contributed by atoms with Gasteiger partial charge < -0.3 is 9.84 Å². The molecule has 0 bridgehead atoms. The highest BCUT2D eigenvalue weighted by molar-refractivity contribution is 5.85. The van der Waals surface area contributed by atoms with Crippen LogP contribution in [0.3, 0.4) is 0 Å². The number of ether oxygens (including phenoxy) is 1. The minimum absolute atomic E-state index is 0. The summed E-state index contributed by atoms with van der Waals surface area (Å²) in [6.07, 6.45) is 15.6. The van der Waals surface area contributed by atoms with Gasteiger partial charge in [0.1, 0.15) is 18.5 Å². The Bertz CT molecular complexity index is 549. The molecule has 3 rings (SSSR count). The van der Waals surface area contributed by atoms with Crippen LogP contribution in [-0.2, 0) is 6.42 Å². The molecule has 0 heterocycles. The summed E-state index contributed by atoms with van der Waals surface area (Å²) < 4.78 is 6.00. The highest BCUT2D eigenvalue weighted by Crippen LogP contribution is 2.30. The third-order valence-electron chi connectivity index (χ3n) is 6.28. The summed E-state index contributed by atoms with van der Waals surface area (Å²) in [7, 11) is 0. The van der Waals surface area contributed by atoms with Crippen LogP contribution in [0, 0.1) is 0 Å². The molecule has 2 aliphatic rings. The molecule has 28 heavy (non-hydrogen) atoms. The molecule has 0 aliphatic heterocycles. The monoisotopic (exact) mass is 407 g/mol. The van der Waals surface area contributed by atoms with Crippen molar-refractivity contribution in [2.75, 3.05) is 13.2 Å². The molecule has 0 saturated heterocycles. The lowest BCUT2D eigenvalue weighted by Crippen LogP contribution is -2.49. The van der Waals surface area contributed by atoms with Gasteiger partial charge in [0.2, 0.25) is 0 Å². The van der Waals surface area contributed by atoms with Gasteiger partial charge >= 0.3 is 0 Å². The molecule has 1 unspecified atom stereocenters. The van der Waals surface area contributed by atoms with E-state index in [-0.39, 0.29) is 12.4 Å². The molecule has 1 N–H and O–H groups in total. The Labute approximate surface area is 177 Å². The summed E-state index contributed by atoms with van der Waals surface area (Å²) in [6.45, 7) is 4.94. The molecule has 0 radical (unpaired) electrons. The number of para-hydroxylation sites is 1. The van der Waals surface area contributed by atoms with Gasteiger partial charge in [-0.15, -0.1) is 19.0 Å². The average molecular weight is 408 g/mol. The molecule has 4 heteroatoms. The van der Waals surface area contributed by atoms with E-state index in [1.165, 1.54) is 64.2 Å². The van der Waals surface area contributed by atoms with E-state index in [2.05, 4.69) is 17.5 Å². The van der Waals surface area contributed by atoms with Gasteiger partial charge in [-0.2, -0.15) is 0 Å². The van der Waals surface area contributed by atoms with Gasteiger partial charge in [0.15, 0.2) is 0 Å². The Kier molecular flexibility index (Phi) is 10.4. The third kappa shape index (κ3) is 6.79. The highest BCUT2D eigenvalue weighted by Gasteiger charge is 2.30. The molecular formula is C24H38ClNO2. The number of rotatable bonds is 9. The number of halogens is 1. The fourth-order valence-electron chi connectivity index (χ4n) is 4.87. The van der Waals surface area contributed by atoms with E-state index >= 15 is 0 Å². The molecular weight excluding hydrogens is 370 g/mol. The Morgan fingerprint density at radius 3 is 2.14 bits per heavy atom. The SMILES string of the molecule is C=CCc1ccccc1OCC(O)CN(C1CCCCC1)C1CCCCC1.Cl. The summed E-state index contributed by atoms with van der Waals surface area (Å²) in [5.74, 6) is 0.873. The van der Waals surface area contributed by atoms with Gasteiger partial charge in [-0.05, 0) is 43.7 Å². The van der Waals surface area contributed by atoms with Crippen LogP contribution in [0.15, 0.2) is 36.9 Å². The van der Waals surface area contributed by atoms with E-state index in [0.717, 1.165) is 24.3 Å². The van der Waals surface area contributed by atoms with E-state index in [1.54, 1.807) is 0 Å². The molecule has 0 aromatic heterocycles. The second kappa shape index (κ2) is 12.5. The number of nitrogens with zero attached hydrogens (tertiary/aromatic N) is 1. The van der Waals surface area contributed by atoms with E-state index in [9.17, 15) is 5.11 Å². The molecule has 1 aromatic carbocycles. The van der Waals surface area contributed by atoms with Crippen LogP contribution >= 0.6 is 12.4 Å². The maximum atomic E-state index is 10.8. The summed E-state index contributed by atoms with van der Waals surface area (Å²) in [5, 5.41) is 10.8.